The van der Waals surface area contributed by atoms with Crippen molar-refractivity contribution in [2.45, 2.75) is 38.8 Å². The molecule has 22 heavy (non-hydrogen) atoms. The second kappa shape index (κ2) is 9.05. The van der Waals surface area contributed by atoms with E-state index in [0.717, 1.165) is 5.06 Å². The number of rotatable bonds is 6. The van der Waals surface area contributed by atoms with Gasteiger partial charge in [0.05, 0.1) is 13.2 Å². The number of hydrogen-bond acceptors (Lipinski definition) is 7. The van der Waals surface area contributed by atoms with Gasteiger partial charge in [0.1, 0.15) is 12.2 Å². The first-order valence-electron chi connectivity index (χ1n) is 6.59. The van der Waals surface area contributed by atoms with Crippen LogP contribution in [0.1, 0.15) is 27.2 Å². The first-order chi connectivity index (χ1) is 10.1. The molecule has 0 spiro atoms. The predicted molar refractivity (Wildman–Crippen MR) is 79.3 cm³/mol. The molecule has 2 amide bonds. The first-order valence-corrected chi connectivity index (χ1v) is 6.59. The molecule has 0 aromatic heterocycles. The maximum absolute atomic E-state index is 11.6. The molecular formula is C12H25N5O5. The van der Waals surface area contributed by atoms with Crippen LogP contribution < -0.4 is 16.8 Å². The largest absolute Gasteiger partial charge is 0.444 e. The summed E-state index contributed by atoms with van der Waals surface area (Å²) in [4.78, 5) is 32.5. The molecule has 128 valence electrons. The number of guanidine groups is 1. The fourth-order valence-electron chi connectivity index (χ4n) is 1.17. The summed E-state index contributed by atoms with van der Waals surface area (Å²) in [5.41, 5.74) is 10.4. The molecule has 0 aliphatic rings. The van der Waals surface area contributed by atoms with Gasteiger partial charge in [-0.15, -0.1) is 0 Å². The summed E-state index contributed by atoms with van der Waals surface area (Å²) in [5.74, 6) is -0.655. The van der Waals surface area contributed by atoms with Crippen molar-refractivity contribution in [3.8, 4) is 0 Å². The van der Waals surface area contributed by atoms with Crippen molar-refractivity contribution in [1.29, 1.82) is 0 Å². The van der Waals surface area contributed by atoms with Gasteiger partial charge in [-0.1, -0.05) is 0 Å². The second-order valence-corrected chi connectivity index (χ2v) is 5.35. The molecule has 0 aliphatic heterocycles. The number of carbonyl (C=O) groups excluding carboxylic acids is 2. The van der Waals surface area contributed by atoms with E-state index >= 15 is 0 Å². The molecule has 0 saturated heterocycles. The van der Waals surface area contributed by atoms with E-state index in [1.165, 1.54) is 14.2 Å². The molecule has 0 rings (SSSR count). The molecule has 0 aliphatic carbocycles. The summed E-state index contributed by atoms with van der Waals surface area (Å²) in [6.45, 7) is 5.19. The minimum atomic E-state index is -0.791. The van der Waals surface area contributed by atoms with Crippen LogP contribution in [0.15, 0.2) is 5.16 Å². The summed E-state index contributed by atoms with van der Waals surface area (Å²) < 4.78 is 4.97. The lowest BCUT2D eigenvalue weighted by atomic mass is 10.2. The highest BCUT2D eigenvalue weighted by Gasteiger charge is 2.18. The van der Waals surface area contributed by atoms with Crippen molar-refractivity contribution in [3.63, 3.8) is 0 Å². The lowest BCUT2D eigenvalue weighted by Gasteiger charge is -2.19. The molecule has 0 unspecified atom stereocenters. The van der Waals surface area contributed by atoms with Crippen LogP contribution in [0.3, 0.4) is 0 Å². The van der Waals surface area contributed by atoms with Gasteiger partial charge in [0.25, 0.3) is 5.91 Å². The quantitative estimate of drug-likeness (QED) is 0.259. The Balaban J connectivity index is 4.07. The van der Waals surface area contributed by atoms with Crippen LogP contribution in [0.4, 0.5) is 4.79 Å². The molecule has 0 fully saturated rings. The Labute approximate surface area is 129 Å². The highest BCUT2D eigenvalue weighted by atomic mass is 16.7. The number of hydrogen-bond donors (Lipinski definition) is 3. The number of amides is 2. The van der Waals surface area contributed by atoms with Crippen molar-refractivity contribution < 1.29 is 24.0 Å². The van der Waals surface area contributed by atoms with E-state index < -0.39 is 23.6 Å². The Hall–Kier alpha value is -2.07. The lowest BCUT2D eigenvalue weighted by Crippen LogP contribution is -2.42. The van der Waals surface area contributed by atoms with E-state index in [1.807, 2.05) is 0 Å². The van der Waals surface area contributed by atoms with E-state index in [4.69, 9.17) is 25.9 Å². The van der Waals surface area contributed by atoms with E-state index in [-0.39, 0.29) is 19.0 Å². The zero-order valence-electron chi connectivity index (χ0n) is 13.6. The van der Waals surface area contributed by atoms with Gasteiger partial charge in [-0.3, -0.25) is 14.9 Å². The van der Waals surface area contributed by atoms with Crippen LogP contribution in [0.5, 0.6) is 0 Å². The van der Waals surface area contributed by atoms with Crippen LogP contribution in [0.25, 0.3) is 0 Å². The van der Waals surface area contributed by atoms with Gasteiger partial charge in [0.2, 0.25) is 5.96 Å². The fraction of sp³-hybridized carbons (Fsp3) is 0.750. The van der Waals surface area contributed by atoms with Gasteiger partial charge in [0, 0.05) is 13.5 Å². The molecule has 0 aromatic rings. The van der Waals surface area contributed by atoms with Crippen LogP contribution in [-0.2, 0) is 19.2 Å². The number of likely N-dealkylation sites (N-methyl/N-ethyl adjacent to an activating group) is 1. The summed E-state index contributed by atoms with van der Waals surface area (Å²) in [6, 6.07) is -0.791. The molecular weight excluding hydrogens is 294 g/mol. The third-order valence-corrected chi connectivity index (χ3v) is 2.21. The fourth-order valence-corrected chi connectivity index (χ4v) is 1.17. The SMILES string of the molecule is CON(C)C(=O)[C@@H](N)CCO/N=C(\N)NC(=O)OC(C)(C)C. The predicted octanol–water partition coefficient (Wildman–Crippen LogP) is -0.505. The number of ether oxygens (including phenoxy) is 1. The number of nitrogens with one attached hydrogen (secondary N) is 1. The van der Waals surface area contributed by atoms with Crippen molar-refractivity contribution in [3.05, 3.63) is 0 Å². The maximum Gasteiger partial charge on any atom is 0.414 e. The van der Waals surface area contributed by atoms with Crippen LogP contribution in [0, 0.1) is 0 Å². The summed E-state index contributed by atoms with van der Waals surface area (Å²) in [5, 5.41) is 6.67. The second-order valence-electron chi connectivity index (χ2n) is 5.35. The van der Waals surface area contributed by atoms with Gasteiger partial charge in [0.15, 0.2) is 0 Å². The van der Waals surface area contributed by atoms with Gasteiger partial charge >= 0.3 is 6.09 Å². The monoisotopic (exact) mass is 319 g/mol. The number of nitrogens with zero attached hydrogens (tertiary/aromatic N) is 2. The standard InChI is InChI=1S/C12H25N5O5/c1-12(2,3)22-11(19)15-10(14)16-21-7-6-8(13)9(18)17(4)20-5/h8H,6-7,13H2,1-5H3,(H3,14,15,16,19)/t8-/m0/s1. The number of nitrogens with two attached hydrogens (primary N) is 2. The van der Waals surface area contributed by atoms with Gasteiger partial charge in [-0.2, -0.15) is 0 Å². The topological polar surface area (TPSA) is 142 Å². The highest BCUT2D eigenvalue weighted by Crippen LogP contribution is 2.06. The Morgan fingerprint density at radius 1 is 1.36 bits per heavy atom. The average Bonchev–Trinajstić information content (AvgIpc) is 2.39. The number of alkyl carbamates (subject to hydrolysis) is 1. The molecule has 10 heteroatoms. The normalized spacial score (nSPS) is 13.3. The third kappa shape index (κ3) is 8.97. The van der Waals surface area contributed by atoms with Gasteiger partial charge < -0.3 is 21.0 Å². The Bertz CT molecular complexity index is 407. The number of hydroxylamine groups is 2. The molecule has 0 aromatic carbocycles. The Kier molecular flexibility index (Phi) is 8.20. The zero-order chi connectivity index (χ0) is 17.3. The van der Waals surface area contributed by atoms with Crippen LogP contribution in [-0.4, -0.2) is 55.4 Å². The van der Waals surface area contributed by atoms with Crippen LogP contribution in [0.2, 0.25) is 0 Å². The van der Waals surface area contributed by atoms with E-state index in [9.17, 15) is 9.59 Å². The average molecular weight is 319 g/mol. The van der Waals surface area contributed by atoms with Crippen molar-refractivity contribution in [1.82, 2.24) is 10.4 Å². The smallest absolute Gasteiger partial charge is 0.414 e. The zero-order valence-corrected chi connectivity index (χ0v) is 13.6. The number of oxime groups is 1. The molecule has 5 N–H and O–H groups in total. The van der Waals surface area contributed by atoms with E-state index in [2.05, 4.69) is 10.5 Å². The van der Waals surface area contributed by atoms with Crippen LogP contribution >= 0.6 is 0 Å². The minimum Gasteiger partial charge on any atom is -0.444 e. The highest BCUT2D eigenvalue weighted by molar-refractivity contribution is 5.92. The molecule has 1 atom stereocenters. The molecule has 0 saturated carbocycles. The molecule has 0 bridgehead atoms. The first kappa shape index (κ1) is 19.9. The summed E-state index contributed by atoms with van der Waals surface area (Å²) in [7, 11) is 2.80. The number of carbonyl (C=O) groups is 2. The summed E-state index contributed by atoms with van der Waals surface area (Å²) >= 11 is 0. The van der Waals surface area contributed by atoms with Gasteiger partial charge in [-0.25, -0.2) is 9.86 Å². The van der Waals surface area contributed by atoms with Crippen molar-refractivity contribution in [2.75, 3.05) is 20.8 Å². The maximum atomic E-state index is 11.6. The summed E-state index contributed by atoms with van der Waals surface area (Å²) in [6.07, 6.45) is -0.540. The third-order valence-electron chi connectivity index (χ3n) is 2.21. The van der Waals surface area contributed by atoms with Crippen molar-refractivity contribution >= 4 is 18.0 Å². The van der Waals surface area contributed by atoms with E-state index in [1.54, 1.807) is 20.8 Å². The van der Waals surface area contributed by atoms with Gasteiger partial charge in [-0.05, 0) is 25.9 Å². The van der Waals surface area contributed by atoms with E-state index in [0.29, 0.717) is 0 Å². The molecule has 0 radical (unpaired) electrons. The minimum absolute atomic E-state index is 0.0428. The lowest BCUT2D eigenvalue weighted by molar-refractivity contribution is -0.170. The van der Waals surface area contributed by atoms with Crippen molar-refractivity contribution in [2.24, 2.45) is 16.6 Å². The molecule has 0 heterocycles. The molecule has 10 nitrogen and oxygen atoms in total. The Morgan fingerprint density at radius 3 is 2.45 bits per heavy atom. The Morgan fingerprint density at radius 2 is 1.95 bits per heavy atom.